The van der Waals surface area contributed by atoms with E-state index in [1.54, 1.807) is 6.20 Å². The molecule has 1 aliphatic rings. The molecule has 1 aromatic carbocycles. The SMILES string of the molecule is N#Cc1ccc2[nH]cc(CCNc3ncc(C#N)c(NC4CCCCC4)n3)c2c1. The molecule has 7 nitrogen and oxygen atoms in total. The first kappa shape index (κ1) is 18.8. The van der Waals surface area contributed by atoms with Gasteiger partial charge in [-0.25, -0.2) is 4.98 Å². The first-order valence-corrected chi connectivity index (χ1v) is 10.0. The van der Waals surface area contributed by atoms with Crippen molar-refractivity contribution in [3.63, 3.8) is 0 Å². The van der Waals surface area contributed by atoms with E-state index >= 15 is 0 Å². The average molecular weight is 385 g/mol. The van der Waals surface area contributed by atoms with Crippen molar-refractivity contribution in [1.29, 1.82) is 10.5 Å². The van der Waals surface area contributed by atoms with E-state index < -0.39 is 0 Å². The first-order valence-electron chi connectivity index (χ1n) is 10.0. The molecule has 0 saturated heterocycles. The number of rotatable bonds is 6. The predicted molar refractivity (Wildman–Crippen MR) is 112 cm³/mol. The molecule has 29 heavy (non-hydrogen) atoms. The highest BCUT2D eigenvalue weighted by atomic mass is 15.1. The summed E-state index contributed by atoms with van der Waals surface area (Å²) in [6, 6.07) is 10.4. The van der Waals surface area contributed by atoms with E-state index in [9.17, 15) is 5.26 Å². The molecule has 0 bridgehead atoms. The number of hydrogen-bond acceptors (Lipinski definition) is 6. The molecule has 3 N–H and O–H groups in total. The van der Waals surface area contributed by atoms with Gasteiger partial charge in [-0.15, -0.1) is 0 Å². The monoisotopic (exact) mass is 385 g/mol. The predicted octanol–water partition coefficient (Wildman–Crippen LogP) is 4.10. The zero-order chi connectivity index (χ0) is 20.1. The summed E-state index contributed by atoms with van der Waals surface area (Å²) in [6.45, 7) is 0.651. The Morgan fingerprint density at radius 2 is 2.00 bits per heavy atom. The maximum atomic E-state index is 9.37. The Morgan fingerprint density at radius 3 is 2.79 bits per heavy atom. The molecule has 3 aromatic rings. The zero-order valence-electron chi connectivity index (χ0n) is 16.2. The van der Waals surface area contributed by atoms with Crippen LogP contribution >= 0.6 is 0 Å². The molecule has 0 unspecified atom stereocenters. The van der Waals surface area contributed by atoms with Gasteiger partial charge in [0.05, 0.1) is 17.8 Å². The van der Waals surface area contributed by atoms with Gasteiger partial charge in [0.2, 0.25) is 5.95 Å². The van der Waals surface area contributed by atoms with E-state index in [2.05, 4.69) is 37.7 Å². The summed E-state index contributed by atoms with van der Waals surface area (Å²) in [4.78, 5) is 12.1. The summed E-state index contributed by atoms with van der Waals surface area (Å²) in [5.74, 6) is 1.13. The summed E-state index contributed by atoms with van der Waals surface area (Å²) < 4.78 is 0. The molecule has 7 heteroatoms. The van der Waals surface area contributed by atoms with Crippen molar-refractivity contribution in [3.05, 3.63) is 47.3 Å². The molecule has 2 aromatic heterocycles. The van der Waals surface area contributed by atoms with Gasteiger partial charge in [-0.3, -0.25) is 0 Å². The van der Waals surface area contributed by atoms with E-state index in [4.69, 9.17) is 5.26 Å². The Kier molecular flexibility index (Phi) is 5.58. The highest BCUT2D eigenvalue weighted by Crippen LogP contribution is 2.23. The second kappa shape index (κ2) is 8.62. The quantitative estimate of drug-likeness (QED) is 0.589. The minimum Gasteiger partial charge on any atom is -0.366 e. The van der Waals surface area contributed by atoms with Crippen molar-refractivity contribution in [2.75, 3.05) is 17.2 Å². The van der Waals surface area contributed by atoms with Gasteiger partial charge in [0, 0.05) is 29.7 Å². The molecule has 4 rings (SSSR count). The van der Waals surface area contributed by atoms with Crippen molar-refractivity contribution in [1.82, 2.24) is 15.0 Å². The van der Waals surface area contributed by atoms with E-state index in [0.717, 1.165) is 35.7 Å². The Labute approximate surface area is 169 Å². The van der Waals surface area contributed by atoms with Crippen molar-refractivity contribution >= 4 is 22.7 Å². The number of anilines is 2. The number of H-pyrrole nitrogens is 1. The maximum absolute atomic E-state index is 9.37. The molecule has 1 saturated carbocycles. The third-order valence-electron chi connectivity index (χ3n) is 5.43. The van der Waals surface area contributed by atoms with Gasteiger partial charge in [-0.1, -0.05) is 19.3 Å². The first-order chi connectivity index (χ1) is 14.3. The number of aromatic amines is 1. The van der Waals surface area contributed by atoms with Gasteiger partial charge in [0.1, 0.15) is 17.5 Å². The Hall–Kier alpha value is -3.58. The number of benzene rings is 1. The van der Waals surface area contributed by atoms with Crippen LogP contribution in [0.25, 0.3) is 10.9 Å². The molecule has 0 aliphatic heterocycles. The van der Waals surface area contributed by atoms with Gasteiger partial charge < -0.3 is 15.6 Å². The number of aromatic nitrogens is 3. The number of nitrogens with one attached hydrogen (secondary N) is 3. The highest BCUT2D eigenvalue weighted by Gasteiger charge is 2.16. The molecule has 0 amide bonds. The van der Waals surface area contributed by atoms with Gasteiger partial charge in [-0.05, 0) is 43.0 Å². The number of fused-ring (bicyclic) bond motifs is 1. The number of hydrogen-bond donors (Lipinski definition) is 3. The third-order valence-corrected chi connectivity index (χ3v) is 5.43. The minimum absolute atomic E-state index is 0.374. The molecule has 146 valence electrons. The van der Waals surface area contributed by atoms with Crippen LogP contribution in [0.1, 0.15) is 48.8 Å². The van der Waals surface area contributed by atoms with E-state index in [0.29, 0.717) is 35.5 Å². The van der Waals surface area contributed by atoms with Crippen LogP contribution in [0.5, 0.6) is 0 Å². The summed E-state index contributed by atoms with van der Waals surface area (Å²) >= 11 is 0. The molecule has 0 radical (unpaired) electrons. The zero-order valence-corrected chi connectivity index (χ0v) is 16.2. The fraction of sp³-hybridized carbons (Fsp3) is 0.364. The Morgan fingerprint density at radius 1 is 1.14 bits per heavy atom. The average Bonchev–Trinajstić information content (AvgIpc) is 3.17. The van der Waals surface area contributed by atoms with Gasteiger partial charge >= 0.3 is 0 Å². The summed E-state index contributed by atoms with van der Waals surface area (Å²) in [5.41, 5.74) is 3.29. The second-order valence-corrected chi connectivity index (χ2v) is 7.41. The van der Waals surface area contributed by atoms with Gasteiger partial charge in [0.25, 0.3) is 0 Å². The fourth-order valence-corrected chi connectivity index (χ4v) is 3.86. The summed E-state index contributed by atoms with van der Waals surface area (Å²) in [7, 11) is 0. The topological polar surface area (TPSA) is 113 Å². The largest absolute Gasteiger partial charge is 0.366 e. The fourth-order valence-electron chi connectivity index (χ4n) is 3.86. The molecule has 1 fully saturated rings. The Balaban J connectivity index is 1.43. The molecule has 1 aliphatic carbocycles. The van der Waals surface area contributed by atoms with Gasteiger partial charge in [0.15, 0.2) is 0 Å². The van der Waals surface area contributed by atoms with Crippen LogP contribution < -0.4 is 10.6 Å². The summed E-state index contributed by atoms with van der Waals surface area (Å²) in [6.07, 6.45) is 10.3. The van der Waals surface area contributed by atoms with Crippen LogP contribution in [0.4, 0.5) is 11.8 Å². The molecule has 2 heterocycles. The lowest BCUT2D eigenvalue weighted by Gasteiger charge is -2.23. The normalized spacial score (nSPS) is 14.3. The third kappa shape index (κ3) is 4.30. The lowest BCUT2D eigenvalue weighted by atomic mass is 9.95. The van der Waals surface area contributed by atoms with E-state index in [-0.39, 0.29) is 0 Å². The van der Waals surface area contributed by atoms with Crippen molar-refractivity contribution in [2.24, 2.45) is 0 Å². The second-order valence-electron chi connectivity index (χ2n) is 7.41. The smallest absolute Gasteiger partial charge is 0.224 e. The van der Waals surface area contributed by atoms with E-state index in [1.165, 1.54) is 19.3 Å². The van der Waals surface area contributed by atoms with Crippen molar-refractivity contribution in [2.45, 2.75) is 44.6 Å². The number of nitriles is 2. The molecule has 0 atom stereocenters. The van der Waals surface area contributed by atoms with Crippen LogP contribution in [0, 0.1) is 22.7 Å². The standard InChI is InChI=1S/C22H23N7/c23-11-15-6-7-20-19(10-15)16(13-26-20)8-9-25-22-27-14-17(12-24)21(29-22)28-18-4-2-1-3-5-18/h6-7,10,13-14,18,26H,1-5,8-9H2,(H2,25,27,28,29). The lowest BCUT2D eigenvalue weighted by molar-refractivity contribution is 0.462. The van der Waals surface area contributed by atoms with Crippen LogP contribution in [-0.4, -0.2) is 27.5 Å². The highest BCUT2D eigenvalue weighted by molar-refractivity contribution is 5.84. The van der Waals surface area contributed by atoms with E-state index in [1.807, 2.05) is 24.4 Å². The molecular formula is C22H23N7. The molecular weight excluding hydrogens is 362 g/mol. The van der Waals surface area contributed by atoms with Crippen molar-refractivity contribution < 1.29 is 0 Å². The molecule has 0 spiro atoms. The lowest BCUT2D eigenvalue weighted by Crippen LogP contribution is -2.24. The van der Waals surface area contributed by atoms with Crippen LogP contribution in [0.3, 0.4) is 0 Å². The maximum Gasteiger partial charge on any atom is 0.224 e. The van der Waals surface area contributed by atoms with Crippen LogP contribution in [0.15, 0.2) is 30.6 Å². The van der Waals surface area contributed by atoms with Gasteiger partial charge in [-0.2, -0.15) is 15.5 Å². The van der Waals surface area contributed by atoms with Crippen LogP contribution in [0.2, 0.25) is 0 Å². The minimum atomic E-state index is 0.374. The number of nitrogens with zero attached hydrogens (tertiary/aromatic N) is 4. The Bertz CT molecular complexity index is 1080. The van der Waals surface area contributed by atoms with Crippen molar-refractivity contribution in [3.8, 4) is 12.1 Å². The van der Waals surface area contributed by atoms with Crippen LogP contribution in [-0.2, 0) is 6.42 Å². The summed E-state index contributed by atoms with van der Waals surface area (Å²) in [5, 5.41) is 26.2.